The standard InChI is InChI=1S/C18H15ClN2O4S/c1-22-15-5-3-2-4-14(15)17-20-21-18(25-17)26-9-12-7-13(19)6-11-8-23-10-24-16(11)12/h2-7H,8-10H2,1H3. The molecule has 0 radical (unpaired) electrons. The molecular formula is C18H15ClN2O4S. The number of fused-ring (bicyclic) bond motifs is 1. The Balaban J connectivity index is 1.53. The lowest BCUT2D eigenvalue weighted by atomic mass is 10.1. The molecule has 134 valence electrons. The molecule has 3 aromatic rings. The molecule has 0 saturated carbocycles. The van der Waals surface area contributed by atoms with Gasteiger partial charge in [0.15, 0.2) is 6.79 Å². The molecule has 4 rings (SSSR count). The molecule has 6 nitrogen and oxygen atoms in total. The number of methoxy groups -OCH3 is 1. The molecule has 0 spiro atoms. The highest BCUT2D eigenvalue weighted by molar-refractivity contribution is 7.98. The van der Waals surface area contributed by atoms with Crippen molar-refractivity contribution < 1.29 is 18.6 Å². The van der Waals surface area contributed by atoms with Gasteiger partial charge in [0.2, 0.25) is 0 Å². The lowest BCUT2D eigenvalue weighted by Gasteiger charge is -2.20. The van der Waals surface area contributed by atoms with Crippen LogP contribution in [-0.4, -0.2) is 24.1 Å². The number of hydrogen-bond acceptors (Lipinski definition) is 7. The Labute approximate surface area is 159 Å². The van der Waals surface area contributed by atoms with Crippen molar-refractivity contribution in [2.24, 2.45) is 0 Å². The molecule has 1 aromatic heterocycles. The van der Waals surface area contributed by atoms with E-state index in [9.17, 15) is 0 Å². The minimum atomic E-state index is 0.241. The van der Waals surface area contributed by atoms with Crippen LogP contribution in [0.2, 0.25) is 5.02 Å². The molecule has 0 aliphatic carbocycles. The van der Waals surface area contributed by atoms with Crippen molar-refractivity contribution in [2.45, 2.75) is 17.6 Å². The predicted molar refractivity (Wildman–Crippen MR) is 97.6 cm³/mol. The van der Waals surface area contributed by atoms with Crippen molar-refractivity contribution >= 4 is 23.4 Å². The van der Waals surface area contributed by atoms with Gasteiger partial charge in [0.25, 0.3) is 11.1 Å². The molecule has 26 heavy (non-hydrogen) atoms. The molecule has 8 heteroatoms. The molecule has 1 aliphatic heterocycles. The summed E-state index contributed by atoms with van der Waals surface area (Å²) in [7, 11) is 1.61. The van der Waals surface area contributed by atoms with E-state index >= 15 is 0 Å². The number of thioether (sulfide) groups is 1. The minimum Gasteiger partial charge on any atom is -0.496 e. The average Bonchev–Trinajstić information content (AvgIpc) is 3.14. The summed E-state index contributed by atoms with van der Waals surface area (Å²) in [4.78, 5) is 0. The maximum atomic E-state index is 6.20. The summed E-state index contributed by atoms with van der Waals surface area (Å²) in [5.74, 6) is 2.52. The van der Waals surface area contributed by atoms with Gasteiger partial charge in [-0.2, -0.15) is 0 Å². The molecular weight excluding hydrogens is 376 g/mol. The Hall–Kier alpha value is -2.22. The first-order valence-corrected chi connectivity index (χ1v) is 9.22. The Morgan fingerprint density at radius 3 is 3.00 bits per heavy atom. The third kappa shape index (κ3) is 3.51. The van der Waals surface area contributed by atoms with Crippen LogP contribution in [-0.2, 0) is 17.1 Å². The van der Waals surface area contributed by atoms with E-state index in [1.165, 1.54) is 11.8 Å². The van der Waals surface area contributed by atoms with Gasteiger partial charge in [-0.1, -0.05) is 35.5 Å². The Kier molecular flexibility index (Phi) is 5.01. The quantitative estimate of drug-likeness (QED) is 0.591. The first kappa shape index (κ1) is 17.2. The molecule has 2 heterocycles. The van der Waals surface area contributed by atoms with Gasteiger partial charge in [-0.15, -0.1) is 10.2 Å². The van der Waals surface area contributed by atoms with Crippen LogP contribution in [0.25, 0.3) is 11.5 Å². The van der Waals surface area contributed by atoms with Gasteiger partial charge in [0.05, 0.1) is 19.3 Å². The molecule has 0 N–H and O–H groups in total. The zero-order valence-corrected chi connectivity index (χ0v) is 15.5. The average molecular weight is 391 g/mol. The second-order valence-corrected chi connectivity index (χ2v) is 6.89. The first-order chi connectivity index (χ1) is 12.7. The van der Waals surface area contributed by atoms with Crippen molar-refractivity contribution in [3.05, 3.63) is 52.5 Å². The minimum absolute atomic E-state index is 0.241. The fourth-order valence-electron chi connectivity index (χ4n) is 2.70. The molecule has 2 aromatic carbocycles. The number of nitrogens with zero attached hydrogens (tertiary/aromatic N) is 2. The predicted octanol–water partition coefficient (Wildman–Crippen LogP) is 4.56. The Bertz CT molecular complexity index is 931. The number of para-hydroxylation sites is 1. The van der Waals surface area contributed by atoms with E-state index in [0.717, 1.165) is 22.4 Å². The van der Waals surface area contributed by atoms with Crippen LogP contribution in [0.3, 0.4) is 0 Å². The largest absolute Gasteiger partial charge is 0.496 e. The van der Waals surface area contributed by atoms with E-state index in [1.54, 1.807) is 7.11 Å². The summed E-state index contributed by atoms with van der Waals surface area (Å²) in [6, 6.07) is 11.3. The number of ether oxygens (including phenoxy) is 3. The molecule has 0 unspecified atom stereocenters. The second-order valence-electron chi connectivity index (χ2n) is 5.53. The third-order valence-electron chi connectivity index (χ3n) is 3.85. The second kappa shape index (κ2) is 7.57. The maximum Gasteiger partial charge on any atom is 0.277 e. The Morgan fingerprint density at radius 1 is 1.23 bits per heavy atom. The van der Waals surface area contributed by atoms with E-state index in [-0.39, 0.29) is 6.79 Å². The zero-order chi connectivity index (χ0) is 17.9. The summed E-state index contributed by atoms with van der Waals surface area (Å²) < 4.78 is 22.0. The maximum absolute atomic E-state index is 6.20. The normalized spacial score (nSPS) is 13.2. The van der Waals surface area contributed by atoms with Crippen molar-refractivity contribution in [1.82, 2.24) is 10.2 Å². The zero-order valence-electron chi connectivity index (χ0n) is 13.9. The highest BCUT2D eigenvalue weighted by Crippen LogP contribution is 2.36. The highest BCUT2D eigenvalue weighted by atomic mass is 35.5. The molecule has 0 fully saturated rings. The number of aromatic nitrogens is 2. The first-order valence-electron chi connectivity index (χ1n) is 7.86. The van der Waals surface area contributed by atoms with Crippen LogP contribution >= 0.6 is 23.4 Å². The fraction of sp³-hybridized carbons (Fsp3) is 0.222. The van der Waals surface area contributed by atoms with Crippen molar-refractivity contribution in [1.29, 1.82) is 0 Å². The number of halogens is 1. The summed E-state index contributed by atoms with van der Waals surface area (Å²) in [6.07, 6.45) is 0. The van der Waals surface area contributed by atoms with Crippen molar-refractivity contribution in [3.8, 4) is 23.0 Å². The van der Waals surface area contributed by atoms with Gasteiger partial charge in [-0.05, 0) is 24.3 Å². The summed E-state index contributed by atoms with van der Waals surface area (Å²) >= 11 is 7.62. The van der Waals surface area contributed by atoms with Crippen molar-refractivity contribution in [2.75, 3.05) is 13.9 Å². The van der Waals surface area contributed by atoms with Crippen LogP contribution in [0, 0.1) is 0 Å². The number of hydrogen-bond donors (Lipinski definition) is 0. The van der Waals surface area contributed by atoms with E-state index in [2.05, 4.69) is 10.2 Å². The molecule has 0 atom stereocenters. The Morgan fingerprint density at radius 2 is 2.12 bits per heavy atom. The van der Waals surface area contributed by atoms with E-state index in [0.29, 0.717) is 34.2 Å². The summed E-state index contributed by atoms with van der Waals surface area (Å²) in [5, 5.41) is 9.34. The van der Waals surface area contributed by atoms with Gasteiger partial charge in [-0.3, -0.25) is 0 Å². The third-order valence-corrected chi connectivity index (χ3v) is 4.93. The summed E-state index contributed by atoms with van der Waals surface area (Å²) in [5.41, 5.74) is 2.67. The lowest BCUT2D eigenvalue weighted by Crippen LogP contribution is -2.12. The lowest BCUT2D eigenvalue weighted by molar-refractivity contribution is -0.0168. The van der Waals surface area contributed by atoms with Gasteiger partial charge < -0.3 is 18.6 Å². The van der Waals surface area contributed by atoms with Crippen LogP contribution in [0.15, 0.2) is 46.0 Å². The van der Waals surface area contributed by atoms with Crippen LogP contribution in [0.4, 0.5) is 0 Å². The number of benzene rings is 2. The van der Waals surface area contributed by atoms with E-state index < -0.39 is 0 Å². The van der Waals surface area contributed by atoms with Crippen LogP contribution < -0.4 is 9.47 Å². The molecule has 1 aliphatic rings. The topological polar surface area (TPSA) is 66.6 Å². The fourth-order valence-corrected chi connectivity index (χ4v) is 3.69. The van der Waals surface area contributed by atoms with Crippen LogP contribution in [0.5, 0.6) is 11.5 Å². The molecule has 0 saturated heterocycles. The van der Waals surface area contributed by atoms with E-state index in [1.807, 2.05) is 36.4 Å². The SMILES string of the molecule is COc1ccccc1-c1nnc(SCc2cc(Cl)cc3c2OCOC3)o1. The van der Waals surface area contributed by atoms with Gasteiger partial charge in [0, 0.05) is 21.9 Å². The van der Waals surface area contributed by atoms with Gasteiger partial charge in [0.1, 0.15) is 11.5 Å². The van der Waals surface area contributed by atoms with E-state index in [4.69, 9.17) is 30.2 Å². The smallest absolute Gasteiger partial charge is 0.277 e. The number of rotatable bonds is 5. The van der Waals surface area contributed by atoms with Crippen molar-refractivity contribution in [3.63, 3.8) is 0 Å². The summed E-state index contributed by atoms with van der Waals surface area (Å²) in [6.45, 7) is 0.733. The highest BCUT2D eigenvalue weighted by Gasteiger charge is 2.18. The monoisotopic (exact) mass is 390 g/mol. The molecule has 0 amide bonds. The van der Waals surface area contributed by atoms with Gasteiger partial charge in [-0.25, -0.2) is 0 Å². The molecule has 0 bridgehead atoms. The van der Waals surface area contributed by atoms with Crippen LogP contribution in [0.1, 0.15) is 11.1 Å². The van der Waals surface area contributed by atoms with Gasteiger partial charge >= 0.3 is 0 Å².